The van der Waals surface area contributed by atoms with Crippen LogP contribution in [0.25, 0.3) is 0 Å². The Balaban J connectivity index is 1.94. The molecular formula is C20H24ClFN4O3S. The van der Waals surface area contributed by atoms with Crippen molar-refractivity contribution in [2.75, 3.05) is 50.0 Å². The summed E-state index contributed by atoms with van der Waals surface area (Å²) >= 11 is 5.76. The summed E-state index contributed by atoms with van der Waals surface area (Å²) in [7, 11) is -1.78. The van der Waals surface area contributed by atoms with Gasteiger partial charge in [-0.2, -0.15) is 0 Å². The number of piperazine rings is 1. The molecule has 0 unspecified atom stereocenters. The van der Waals surface area contributed by atoms with Crippen LogP contribution in [0.1, 0.15) is 17.3 Å². The maximum absolute atomic E-state index is 13.3. The van der Waals surface area contributed by atoms with Crippen LogP contribution < -0.4 is 14.9 Å². The monoisotopic (exact) mass is 454 g/mol. The highest BCUT2D eigenvalue weighted by molar-refractivity contribution is 7.89. The lowest BCUT2D eigenvalue weighted by Crippen LogP contribution is -2.45. The molecular weight excluding hydrogens is 431 g/mol. The molecule has 30 heavy (non-hydrogen) atoms. The Morgan fingerprint density at radius 3 is 2.47 bits per heavy atom. The van der Waals surface area contributed by atoms with Crippen LogP contribution >= 0.6 is 11.6 Å². The molecule has 162 valence electrons. The van der Waals surface area contributed by atoms with Crippen LogP contribution in [0.3, 0.4) is 0 Å². The van der Waals surface area contributed by atoms with Gasteiger partial charge in [0.25, 0.3) is 5.91 Å². The minimum Gasteiger partial charge on any atom is -0.368 e. The third-order valence-electron chi connectivity index (χ3n) is 4.87. The lowest BCUT2D eigenvalue weighted by atomic mass is 10.1. The van der Waals surface area contributed by atoms with E-state index in [1.807, 2.05) is 11.9 Å². The molecule has 1 amide bonds. The van der Waals surface area contributed by atoms with Crippen LogP contribution in [0.5, 0.6) is 0 Å². The number of halogens is 2. The number of benzene rings is 2. The topological polar surface area (TPSA) is 81.7 Å². The van der Waals surface area contributed by atoms with E-state index in [1.54, 1.807) is 19.1 Å². The fraction of sp³-hybridized carbons (Fsp3) is 0.350. The van der Waals surface area contributed by atoms with Gasteiger partial charge in [-0.3, -0.25) is 4.79 Å². The quantitative estimate of drug-likeness (QED) is 0.701. The van der Waals surface area contributed by atoms with Crippen molar-refractivity contribution in [3.8, 4) is 0 Å². The molecule has 1 aliphatic heterocycles. The molecule has 0 radical (unpaired) electrons. The minimum absolute atomic E-state index is 0.0543. The second kappa shape index (κ2) is 9.30. The van der Waals surface area contributed by atoms with Crippen molar-refractivity contribution in [1.29, 1.82) is 0 Å². The van der Waals surface area contributed by atoms with Crippen LogP contribution in [0.15, 0.2) is 41.3 Å². The standard InChI is InChI=1S/C20H24ClFN4O3S/c1-3-23-30(28,29)19-12-14(4-7-18(19)26-10-8-25(2)9-11-26)20(27)24-15-5-6-17(22)16(21)13-15/h4-7,12-13,23H,3,8-11H2,1-2H3,(H,24,27). The van der Waals surface area contributed by atoms with Crippen molar-refractivity contribution < 1.29 is 17.6 Å². The summed E-state index contributed by atoms with van der Waals surface area (Å²) in [6.07, 6.45) is 0. The van der Waals surface area contributed by atoms with Gasteiger partial charge in [-0.05, 0) is 43.4 Å². The van der Waals surface area contributed by atoms with Crippen molar-refractivity contribution in [2.45, 2.75) is 11.8 Å². The number of carbonyl (C=O) groups is 1. The fourth-order valence-electron chi connectivity index (χ4n) is 3.22. The Hall–Kier alpha value is -2.20. The van der Waals surface area contributed by atoms with E-state index in [-0.39, 0.29) is 22.0 Å². The summed E-state index contributed by atoms with van der Waals surface area (Å²) in [5, 5.41) is 2.50. The van der Waals surface area contributed by atoms with E-state index in [0.717, 1.165) is 19.2 Å². The van der Waals surface area contributed by atoms with Crippen molar-refractivity contribution in [1.82, 2.24) is 9.62 Å². The first-order valence-corrected chi connectivity index (χ1v) is 11.4. The number of rotatable bonds is 6. The average Bonchev–Trinajstić information content (AvgIpc) is 2.71. The molecule has 0 bridgehead atoms. The zero-order valence-electron chi connectivity index (χ0n) is 16.8. The van der Waals surface area contributed by atoms with Gasteiger partial charge in [-0.25, -0.2) is 17.5 Å². The van der Waals surface area contributed by atoms with Crippen LogP contribution in [0.4, 0.5) is 15.8 Å². The van der Waals surface area contributed by atoms with E-state index in [1.165, 1.54) is 18.2 Å². The van der Waals surface area contributed by atoms with Crippen molar-refractivity contribution in [3.05, 3.63) is 52.8 Å². The number of nitrogens with one attached hydrogen (secondary N) is 2. The maximum Gasteiger partial charge on any atom is 0.255 e. The summed E-state index contributed by atoms with van der Waals surface area (Å²) in [4.78, 5) is 16.9. The van der Waals surface area contributed by atoms with Crippen LogP contribution in [-0.4, -0.2) is 59.0 Å². The first kappa shape index (κ1) is 22.5. The normalized spacial score (nSPS) is 15.3. The predicted octanol–water partition coefficient (Wildman–Crippen LogP) is 2.78. The van der Waals surface area contributed by atoms with Crippen molar-refractivity contribution in [2.24, 2.45) is 0 Å². The SMILES string of the molecule is CCNS(=O)(=O)c1cc(C(=O)Nc2ccc(F)c(Cl)c2)ccc1N1CCN(C)CC1. The molecule has 1 saturated heterocycles. The summed E-state index contributed by atoms with van der Waals surface area (Å²) in [5.41, 5.74) is 1.04. The highest BCUT2D eigenvalue weighted by Crippen LogP contribution is 2.28. The lowest BCUT2D eigenvalue weighted by molar-refractivity contribution is 0.102. The average molecular weight is 455 g/mol. The van der Waals surface area contributed by atoms with Crippen molar-refractivity contribution in [3.63, 3.8) is 0 Å². The van der Waals surface area contributed by atoms with Crippen molar-refractivity contribution >= 4 is 38.9 Å². The molecule has 1 aliphatic rings. The van der Waals surface area contributed by atoms with E-state index in [9.17, 15) is 17.6 Å². The molecule has 0 atom stereocenters. The van der Waals surface area contributed by atoms with Gasteiger partial charge in [0.15, 0.2) is 0 Å². The Morgan fingerprint density at radius 1 is 1.13 bits per heavy atom. The van der Waals surface area contributed by atoms with Gasteiger partial charge in [0.05, 0.1) is 10.7 Å². The van der Waals surface area contributed by atoms with Crippen LogP contribution in [0, 0.1) is 5.82 Å². The number of hydrogen-bond donors (Lipinski definition) is 2. The fourth-order valence-corrected chi connectivity index (χ4v) is 4.69. The molecule has 0 aromatic heterocycles. The van der Waals surface area contributed by atoms with Gasteiger partial charge >= 0.3 is 0 Å². The number of anilines is 2. The predicted molar refractivity (Wildman–Crippen MR) is 116 cm³/mol. The van der Waals surface area contributed by atoms with Gasteiger partial charge in [-0.15, -0.1) is 0 Å². The molecule has 0 saturated carbocycles. The van der Waals surface area contributed by atoms with Crippen LogP contribution in [0.2, 0.25) is 5.02 Å². The number of carbonyl (C=O) groups excluding carboxylic acids is 1. The molecule has 0 spiro atoms. The second-order valence-corrected chi connectivity index (χ2v) is 9.20. The van der Waals surface area contributed by atoms with Crippen LogP contribution in [-0.2, 0) is 10.0 Å². The Labute approximate surface area is 180 Å². The Bertz CT molecular complexity index is 1040. The van der Waals surface area contributed by atoms with Gasteiger partial charge < -0.3 is 15.1 Å². The number of amides is 1. The smallest absolute Gasteiger partial charge is 0.255 e. The van der Waals surface area contributed by atoms with E-state index >= 15 is 0 Å². The summed E-state index contributed by atoms with van der Waals surface area (Å²) in [5.74, 6) is -1.11. The summed E-state index contributed by atoms with van der Waals surface area (Å²) in [6, 6.07) is 8.43. The van der Waals surface area contributed by atoms with Gasteiger partial charge in [0.1, 0.15) is 10.7 Å². The van der Waals surface area contributed by atoms with E-state index in [0.29, 0.717) is 24.5 Å². The molecule has 1 heterocycles. The zero-order chi connectivity index (χ0) is 21.9. The second-order valence-electron chi connectivity index (χ2n) is 7.06. The van der Waals surface area contributed by atoms with Gasteiger partial charge in [0, 0.05) is 44.0 Å². The Morgan fingerprint density at radius 2 is 1.83 bits per heavy atom. The number of nitrogens with zero attached hydrogens (tertiary/aromatic N) is 2. The zero-order valence-corrected chi connectivity index (χ0v) is 18.4. The molecule has 1 fully saturated rings. The first-order valence-electron chi connectivity index (χ1n) is 9.55. The largest absolute Gasteiger partial charge is 0.368 e. The molecule has 7 nitrogen and oxygen atoms in total. The van der Waals surface area contributed by atoms with E-state index in [2.05, 4.69) is 14.9 Å². The minimum atomic E-state index is -3.80. The maximum atomic E-state index is 13.3. The number of sulfonamides is 1. The highest BCUT2D eigenvalue weighted by atomic mass is 35.5. The molecule has 0 aliphatic carbocycles. The van der Waals surface area contributed by atoms with Gasteiger partial charge in [0.2, 0.25) is 10.0 Å². The number of hydrogen-bond acceptors (Lipinski definition) is 5. The first-order chi connectivity index (χ1) is 14.2. The summed E-state index contributed by atoms with van der Waals surface area (Å²) < 4.78 is 41.5. The Kier molecular flexibility index (Phi) is 6.97. The van der Waals surface area contributed by atoms with Gasteiger partial charge in [-0.1, -0.05) is 18.5 Å². The number of likely N-dealkylation sites (N-methyl/N-ethyl adjacent to an activating group) is 1. The third-order valence-corrected chi connectivity index (χ3v) is 6.73. The lowest BCUT2D eigenvalue weighted by Gasteiger charge is -2.35. The third kappa shape index (κ3) is 5.10. The molecule has 10 heteroatoms. The highest BCUT2D eigenvalue weighted by Gasteiger charge is 2.25. The summed E-state index contributed by atoms with van der Waals surface area (Å²) in [6.45, 7) is 4.93. The molecule has 2 aromatic carbocycles. The van der Waals surface area contributed by atoms with E-state index in [4.69, 9.17) is 11.6 Å². The molecule has 3 rings (SSSR count). The molecule has 2 N–H and O–H groups in total. The van der Waals surface area contributed by atoms with E-state index < -0.39 is 21.7 Å². The molecule has 2 aromatic rings.